The van der Waals surface area contributed by atoms with Crippen molar-refractivity contribution in [3.05, 3.63) is 33.3 Å². The Morgan fingerprint density at radius 3 is 2.61 bits per heavy atom. The Morgan fingerprint density at radius 1 is 1.39 bits per heavy atom. The van der Waals surface area contributed by atoms with Gasteiger partial charge in [0.05, 0.1) is 0 Å². The Morgan fingerprint density at radius 2 is 2.06 bits per heavy atom. The lowest BCUT2D eigenvalue weighted by Crippen LogP contribution is -2.38. The number of rotatable bonds is 3. The maximum Gasteiger partial charge on any atom is 0.254 e. The van der Waals surface area contributed by atoms with E-state index >= 15 is 0 Å². The van der Waals surface area contributed by atoms with Gasteiger partial charge in [-0.2, -0.15) is 0 Å². The van der Waals surface area contributed by atoms with E-state index in [0.717, 1.165) is 23.9 Å². The highest BCUT2D eigenvalue weighted by molar-refractivity contribution is 9.10. The van der Waals surface area contributed by atoms with Gasteiger partial charge in [-0.1, -0.05) is 40.4 Å². The third-order valence-electron chi connectivity index (χ3n) is 3.48. The quantitative estimate of drug-likeness (QED) is 0.798. The third-order valence-corrected chi connectivity index (χ3v) is 4.15. The normalized spacial score (nSPS) is 15.9. The number of benzene rings is 1. The van der Waals surface area contributed by atoms with E-state index in [2.05, 4.69) is 15.9 Å². The first-order valence-corrected chi connectivity index (χ1v) is 7.56. The van der Waals surface area contributed by atoms with E-state index in [1.165, 1.54) is 12.8 Å². The number of halogens is 2. The van der Waals surface area contributed by atoms with Crippen LogP contribution in [0, 0.1) is 0 Å². The Balaban J connectivity index is 2.22. The van der Waals surface area contributed by atoms with E-state index in [1.807, 2.05) is 17.9 Å². The van der Waals surface area contributed by atoms with Crippen molar-refractivity contribution in [2.24, 2.45) is 0 Å². The molecule has 0 unspecified atom stereocenters. The fourth-order valence-electron chi connectivity index (χ4n) is 2.63. The summed E-state index contributed by atoms with van der Waals surface area (Å²) >= 11 is 9.38. The van der Waals surface area contributed by atoms with E-state index in [0.29, 0.717) is 16.6 Å². The summed E-state index contributed by atoms with van der Waals surface area (Å²) in [4.78, 5) is 14.5. The van der Waals surface area contributed by atoms with Crippen LogP contribution < -0.4 is 0 Å². The summed E-state index contributed by atoms with van der Waals surface area (Å²) in [6.07, 6.45) is 4.71. The van der Waals surface area contributed by atoms with E-state index in [1.54, 1.807) is 12.1 Å². The van der Waals surface area contributed by atoms with Crippen LogP contribution in [0.5, 0.6) is 0 Å². The average Bonchev–Trinajstić information content (AvgIpc) is 2.82. The van der Waals surface area contributed by atoms with Crippen LogP contribution in [0.15, 0.2) is 22.7 Å². The summed E-state index contributed by atoms with van der Waals surface area (Å²) in [7, 11) is 0. The number of nitrogens with zero attached hydrogens (tertiary/aromatic N) is 1. The summed E-state index contributed by atoms with van der Waals surface area (Å²) < 4.78 is 0.848. The maximum absolute atomic E-state index is 12.5. The predicted molar refractivity (Wildman–Crippen MR) is 78.1 cm³/mol. The highest BCUT2D eigenvalue weighted by Gasteiger charge is 2.26. The van der Waals surface area contributed by atoms with Crippen molar-refractivity contribution in [3.8, 4) is 0 Å². The van der Waals surface area contributed by atoms with Crippen molar-refractivity contribution in [1.82, 2.24) is 4.90 Å². The zero-order valence-electron chi connectivity index (χ0n) is 10.5. The van der Waals surface area contributed by atoms with Gasteiger partial charge in [0.15, 0.2) is 0 Å². The number of carbonyl (C=O) groups is 1. The Bertz CT molecular complexity index is 423. The number of hydrogen-bond acceptors (Lipinski definition) is 1. The Labute approximate surface area is 121 Å². The fourth-order valence-corrected chi connectivity index (χ4v) is 3.49. The maximum atomic E-state index is 12.5. The van der Waals surface area contributed by atoms with Crippen molar-refractivity contribution in [3.63, 3.8) is 0 Å². The minimum absolute atomic E-state index is 0.0904. The third kappa shape index (κ3) is 3.07. The topological polar surface area (TPSA) is 20.3 Å². The molecule has 98 valence electrons. The van der Waals surface area contributed by atoms with Gasteiger partial charge in [-0.15, -0.1) is 0 Å². The SMILES string of the molecule is CCN(C(=O)c1cc(Cl)cc(Br)c1)C1CCCC1. The van der Waals surface area contributed by atoms with E-state index in [4.69, 9.17) is 11.6 Å². The lowest BCUT2D eigenvalue weighted by Gasteiger charge is -2.27. The molecular formula is C14H17BrClNO. The van der Waals surface area contributed by atoms with Gasteiger partial charge in [-0.25, -0.2) is 0 Å². The average molecular weight is 331 g/mol. The van der Waals surface area contributed by atoms with E-state index in [9.17, 15) is 4.79 Å². The van der Waals surface area contributed by atoms with E-state index in [-0.39, 0.29) is 5.91 Å². The number of carbonyl (C=O) groups excluding carboxylic acids is 1. The van der Waals surface area contributed by atoms with Gasteiger partial charge in [0.2, 0.25) is 0 Å². The standard InChI is InChI=1S/C14H17BrClNO/c1-2-17(13-5-3-4-6-13)14(18)10-7-11(15)9-12(16)8-10/h7-9,13H,2-6H2,1H3. The summed E-state index contributed by atoms with van der Waals surface area (Å²) in [5, 5.41) is 0.593. The minimum atomic E-state index is 0.0904. The highest BCUT2D eigenvalue weighted by Crippen LogP contribution is 2.26. The zero-order valence-corrected chi connectivity index (χ0v) is 12.8. The van der Waals surface area contributed by atoms with Crippen LogP contribution in [0.2, 0.25) is 5.02 Å². The van der Waals surface area contributed by atoms with Crippen LogP contribution in [0.25, 0.3) is 0 Å². The van der Waals surface area contributed by atoms with Gasteiger partial charge in [0.25, 0.3) is 5.91 Å². The van der Waals surface area contributed by atoms with Gasteiger partial charge < -0.3 is 4.90 Å². The molecule has 1 amide bonds. The molecule has 1 aliphatic rings. The van der Waals surface area contributed by atoms with Gasteiger partial charge in [-0.3, -0.25) is 4.79 Å². The second kappa shape index (κ2) is 6.07. The number of amides is 1. The molecule has 0 saturated heterocycles. The first-order chi connectivity index (χ1) is 8.61. The summed E-state index contributed by atoms with van der Waals surface area (Å²) in [5.41, 5.74) is 0.670. The van der Waals surface area contributed by atoms with Crippen LogP contribution in [-0.4, -0.2) is 23.4 Å². The molecule has 2 rings (SSSR count). The molecule has 0 aliphatic heterocycles. The van der Waals surface area contributed by atoms with Crippen LogP contribution in [0.3, 0.4) is 0 Å². The predicted octanol–water partition coefficient (Wildman–Crippen LogP) is 4.51. The zero-order chi connectivity index (χ0) is 13.1. The largest absolute Gasteiger partial charge is 0.336 e. The lowest BCUT2D eigenvalue weighted by molar-refractivity contribution is 0.0693. The molecule has 1 aromatic carbocycles. The second-order valence-corrected chi connectivity index (χ2v) is 6.04. The molecule has 0 radical (unpaired) electrons. The summed E-state index contributed by atoms with van der Waals surface area (Å²) in [6.45, 7) is 2.80. The molecule has 2 nitrogen and oxygen atoms in total. The van der Waals surface area contributed by atoms with Crippen molar-refractivity contribution >= 4 is 33.4 Å². The van der Waals surface area contributed by atoms with Gasteiger partial charge in [0.1, 0.15) is 0 Å². The smallest absolute Gasteiger partial charge is 0.254 e. The molecule has 1 fully saturated rings. The fraction of sp³-hybridized carbons (Fsp3) is 0.500. The molecule has 1 aliphatic carbocycles. The molecule has 4 heteroatoms. The monoisotopic (exact) mass is 329 g/mol. The second-order valence-electron chi connectivity index (χ2n) is 4.69. The lowest BCUT2D eigenvalue weighted by atomic mass is 10.1. The first kappa shape index (κ1) is 13.9. The molecule has 1 saturated carbocycles. The van der Waals surface area contributed by atoms with Crippen molar-refractivity contribution in [1.29, 1.82) is 0 Å². The molecule has 1 aromatic rings. The Kier molecular flexibility index (Phi) is 4.68. The van der Waals surface area contributed by atoms with Crippen molar-refractivity contribution in [2.45, 2.75) is 38.6 Å². The minimum Gasteiger partial charge on any atom is -0.336 e. The molecular weight excluding hydrogens is 314 g/mol. The van der Waals surface area contributed by atoms with Crippen LogP contribution >= 0.6 is 27.5 Å². The van der Waals surface area contributed by atoms with E-state index < -0.39 is 0 Å². The summed E-state index contributed by atoms with van der Waals surface area (Å²) in [6, 6.07) is 5.78. The molecule has 18 heavy (non-hydrogen) atoms. The molecule has 0 heterocycles. The summed E-state index contributed by atoms with van der Waals surface area (Å²) in [5.74, 6) is 0.0904. The Hall–Kier alpha value is -0.540. The molecule has 0 N–H and O–H groups in total. The van der Waals surface area contributed by atoms with Gasteiger partial charge >= 0.3 is 0 Å². The first-order valence-electron chi connectivity index (χ1n) is 6.39. The molecule has 0 bridgehead atoms. The van der Waals surface area contributed by atoms with Crippen LogP contribution in [-0.2, 0) is 0 Å². The molecule has 0 spiro atoms. The van der Waals surface area contributed by atoms with Crippen LogP contribution in [0.1, 0.15) is 43.0 Å². The van der Waals surface area contributed by atoms with Crippen LogP contribution in [0.4, 0.5) is 0 Å². The van der Waals surface area contributed by atoms with Gasteiger partial charge in [0, 0.05) is 27.6 Å². The molecule has 0 aromatic heterocycles. The van der Waals surface area contributed by atoms with Crippen molar-refractivity contribution in [2.75, 3.05) is 6.54 Å². The number of hydrogen-bond donors (Lipinski definition) is 0. The van der Waals surface area contributed by atoms with Gasteiger partial charge in [-0.05, 0) is 38.0 Å². The highest BCUT2D eigenvalue weighted by atomic mass is 79.9. The molecule has 0 atom stereocenters. The van der Waals surface area contributed by atoms with Crippen molar-refractivity contribution < 1.29 is 4.79 Å².